The van der Waals surface area contributed by atoms with Gasteiger partial charge < -0.3 is 9.57 Å². The molecule has 1 N–H and O–H groups in total. The number of methoxy groups -OCH3 is 1. The summed E-state index contributed by atoms with van der Waals surface area (Å²) in [6.45, 7) is 1.99. The van der Waals surface area contributed by atoms with Gasteiger partial charge in [-0.25, -0.2) is 4.98 Å². The van der Waals surface area contributed by atoms with Gasteiger partial charge in [0.25, 0.3) is 11.5 Å². The van der Waals surface area contributed by atoms with Crippen LogP contribution in [-0.4, -0.2) is 22.7 Å². The van der Waals surface area contributed by atoms with Gasteiger partial charge in [0.05, 0.1) is 12.8 Å². The molecule has 3 aromatic rings. The minimum Gasteiger partial charge on any atom is -0.497 e. The van der Waals surface area contributed by atoms with Gasteiger partial charge in [-0.15, -0.1) is 11.3 Å². The number of carbonyl (C=O) groups excluding carboxylic acids is 1. The molecule has 0 atom stereocenters. The number of carbonyl (C=O) groups is 1. The van der Waals surface area contributed by atoms with Gasteiger partial charge in [0.15, 0.2) is 5.13 Å². The Labute approximate surface area is 153 Å². The van der Waals surface area contributed by atoms with E-state index in [0.717, 1.165) is 16.0 Å². The van der Waals surface area contributed by atoms with Crippen LogP contribution in [0.2, 0.25) is 0 Å². The van der Waals surface area contributed by atoms with Crippen molar-refractivity contribution in [3.8, 4) is 5.75 Å². The molecule has 0 aliphatic rings. The molecule has 0 spiro atoms. The first-order chi connectivity index (χ1) is 12.6. The zero-order valence-electron chi connectivity index (χ0n) is 14.3. The third-order valence-electron chi connectivity index (χ3n) is 3.50. The summed E-state index contributed by atoms with van der Waals surface area (Å²) in [5.41, 5.74) is 1.08. The third kappa shape index (κ3) is 4.09. The van der Waals surface area contributed by atoms with E-state index in [1.807, 2.05) is 36.6 Å². The average molecular weight is 371 g/mol. The molecule has 0 saturated heterocycles. The Morgan fingerprint density at radius 1 is 1.31 bits per heavy atom. The fraction of sp³-hybridized carbons (Fsp3) is 0.167. The van der Waals surface area contributed by atoms with Crippen molar-refractivity contribution in [2.75, 3.05) is 12.4 Å². The van der Waals surface area contributed by atoms with Crippen molar-refractivity contribution in [1.29, 1.82) is 0 Å². The van der Waals surface area contributed by atoms with Crippen molar-refractivity contribution in [1.82, 2.24) is 9.71 Å². The molecule has 1 aromatic carbocycles. The number of thiazole rings is 1. The number of hydrogen-bond donors (Lipinski definition) is 1. The quantitative estimate of drug-likeness (QED) is 0.720. The number of nitrogens with one attached hydrogen (secondary N) is 1. The second-order valence-corrected chi connectivity index (χ2v) is 6.28. The molecule has 2 aromatic heterocycles. The highest BCUT2D eigenvalue weighted by Gasteiger charge is 2.14. The number of hydrogen-bond acceptors (Lipinski definition) is 6. The van der Waals surface area contributed by atoms with Crippen LogP contribution in [0.4, 0.5) is 5.13 Å². The number of aryl methyl sites for hydroxylation is 1. The standard InChI is InChI=1S/C18H17N3O4S/c1-12-11-26-18(19-12)20-16(22)15-7-4-8-21(17(15)23)25-10-13-5-3-6-14(9-13)24-2/h3-9,11H,10H2,1-2H3,(H,19,20,22). The van der Waals surface area contributed by atoms with E-state index in [9.17, 15) is 9.59 Å². The molecular formula is C18H17N3O4S. The molecule has 0 aliphatic carbocycles. The molecule has 0 fully saturated rings. The first-order valence-electron chi connectivity index (χ1n) is 7.78. The second-order valence-electron chi connectivity index (χ2n) is 5.43. The van der Waals surface area contributed by atoms with Crippen LogP contribution in [0.25, 0.3) is 0 Å². The normalized spacial score (nSPS) is 10.4. The molecule has 134 valence electrons. The summed E-state index contributed by atoms with van der Waals surface area (Å²) >= 11 is 1.30. The Kier molecular flexibility index (Phi) is 5.33. The number of aromatic nitrogens is 2. The van der Waals surface area contributed by atoms with Crippen molar-refractivity contribution >= 4 is 22.4 Å². The van der Waals surface area contributed by atoms with E-state index < -0.39 is 11.5 Å². The van der Waals surface area contributed by atoms with E-state index in [4.69, 9.17) is 9.57 Å². The van der Waals surface area contributed by atoms with Gasteiger partial charge in [0, 0.05) is 11.6 Å². The van der Waals surface area contributed by atoms with Crippen LogP contribution in [0.3, 0.4) is 0 Å². The lowest BCUT2D eigenvalue weighted by atomic mass is 10.2. The highest BCUT2D eigenvalue weighted by atomic mass is 32.1. The van der Waals surface area contributed by atoms with Crippen molar-refractivity contribution in [3.05, 3.63) is 75.1 Å². The molecule has 0 unspecified atom stereocenters. The van der Waals surface area contributed by atoms with Crippen LogP contribution in [0.5, 0.6) is 5.75 Å². The number of anilines is 1. The van der Waals surface area contributed by atoms with E-state index in [1.165, 1.54) is 23.6 Å². The summed E-state index contributed by atoms with van der Waals surface area (Å²) in [4.78, 5) is 34.5. The number of ether oxygens (including phenoxy) is 1. The third-order valence-corrected chi connectivity index (χ3v) is 4.38. The summed E-state index contributed by atoms with van der Waals surface area (Å²) in [5.74, 6) is 0.175. The summed E-state index contributed by atoms with van der Waals surface area (Å²) in [6, 6.07) is 10.3. The zero-order chi connectivity index (χ0) is 18.5. The lowest BCUT2D eigenvalue weighted by Crippen LogP contribution is -2.32. The Hall–Kier alpha value is -3.13. The van der Waals surface area contributed by atoms with Gasteiger partial charge in [-0.2, -0.15) is 4.73 Å². The molecule has 7 nitrogen and oxygen atoms in total. The maximum atomic E-state index is 12.5. The fourth-order valence-electron chi connectivity index (χ4n) is 2.23. The predicted molar refractivity (Wildman–Crippen MR) is 98.8 cm³/mol. The van der Waals surface area contributed by atoms with Gasteiger partial charge in [-0.1, -0.05) is 12.1 Å². The van der Waals surface area contributed by atoms with E-state index in [-0.39, 0.29) is 12.2 Å². The van der Waals surface area contributed by atoms with Gasteiger partial charge in [-0.05, 0) is 36.8 Å². The molecule has 0 aliphatic heterocycles. The highest BCUT2D eigenvalue weighted by molar-refractivity contribution is 7.13. The van der Waals surface area contributed by atoms with E-state index in [2.05, 4.69) is 10.3 Å². The topological polar surface area (TPSA) is 82.4 Å². The number of benzene rings is 1. The van der Waals surface area contributed by atoms with Crippen LogP contribution in [-0.2, 0) is 6.61 Å². The highest BCUT2D eigenvalue weighted by Crippen LogP contribution is 2.15. The molecule has 1 amide bonds. The van der Waals surface area contributed by atoms with Crippen LogP contribution < -0.4 is 20.5 Å². The zero-order valence-corrected chi connectivity index (χ0v) is 15.1. The lowest BCUT2D eigenvalue weighted by Gasteiger charge is -2.10. The van der Waals surface area contributed by atoms with Crippen LogP contribution in [0, 0.1) is 6.92 Å². The Bertz CT molecular complexity index is 980. The Morgan fingerprint density at radius 3 is 2.88 bits per heavy atom. The number of pyridine rings is 1. The van der Waals surface area contributed by atoms with Gasteiger partial charge in [-0.3, -0.25) is 14.9 Å². The smallest absolute Gasteiger partial charge is 0.295 e. The van der Waals surface area contributed by atoms with Crippen LogP contribution in [0.15, 0.2) is 52.8 Å². The molecule has 0 saturated carbocycles. The summed E-state index contributed by atoms with van der Waals surface area (Å²) in [6.07, 6.45) is 1.47. The van der Waals surface area contributed by atoms with Gasteiger partial charge in [0.1, 0.15) is 17.9 Å². The van der Waals surface area contributed by atoms with E-state index in [0.29, 0.717) is 10.9 Å². The van der Waals surface area contributed by atoms with Crippen molar-refractivity contribution < 1.29 is 14.4 Å². The van der Waals surface area contributed by atoms with E-state index >= 15 is 0 Å². The summed E-state index contributed by atoms with van der Waals surface area (Å²) < 4.78 is 6.20. The maximum absolute atomic E-state index is 12.5. The fourth-order valence-corrected chi connectivity index (χ4v) is 2.91. The largest absolute Gasteiger partial charge is 0.497 e. The monoisotopic (exact) mass is 371 g/mol. The van der Waals surface area contributed by atoms with Crippen molar-refractivity contribution in [2.45, 2.75) is 13.5 Å². The second kappa shape index (κ2) is 7.83. The molecule has 0 radical (unpaired) electrons. The average Bonchev–Trinajstić information content (AvgIpc) is 3.05. The van der Waals surface area contributed by atoms with Crippen molar-refractivity contribution in [2.24, 2.45) is 0 Å². The number of rotatable bonds is 6. The predicted octanol–water partition coefficient (Wildman–Crippen LogP) is 2.50. The van der Waals surface area contributed by atoms with Crippen molar-refractivity contribution in [3.63, 3.8) is 0 Å². The van der Waals surface area contributed by atoms with Crippen LogP contribution in [0.1, 0.15) is 21.6 Å². The summed E-state index contributed by atoms with van der Waals surface area (Å²) in [7, 11) is 1.58. The minimum atomic E-state index is -0.541. The Morgan fingerprint density at radius 2 is 2.15 bits per heavy atom. The first kappa shape index (κ1) is 17.7. The molecule has 3 rings (SSSR count). The van der Waals surface area contributed by atoms with Gasteiger partial charge in [0.2, 0.25) is 0 Å². The Balaban J connectivity index is 1.74. The first-order valence-corrected chi connectivity index (χ1v) is 8.66. The van der Waals surface area contributed by atoms with Gasteiger partial charge >= 0.3 is 0 Å². The lowest BCUT2D eigenvalue weighted by molar-refractivity contribution is 0.0862. The number of nitrogens with zero attached hydrogens (tertiary/aromatic N) is 2. The minimum absolute atomic E-state index is 0.0222. The summed E-state index contributed by atoms with van der Waals surface area (Å²) in [5, 5.41) is 4.88. The van der Waals surface area contributed by atoms with Crippen LogP contribution >= 0.6 is 11.3 Å². The molecule has 26 heavy (non-hydrogen) atoms. The number of amides is 1. The van der Waals surface area contributed by atoms with E-state index in [1.54, 1.807) is 13.2 Å². The molecule has 2 heterocycles. The SMILES string of the molecule is COc1cccc(COn2cccc(C(=O)Nc3nc(C)cs3)c2=O)c1. The maximum Gasteiger partial charge on any atom is 0.295 e. The molecule has 0 bridgehead atoms. The molecular weight excluding hydrogens is 354 g/mol. The molecule has 8 heteroatoms.